The van der Waals surface area contributed by atoms with Gasteiger partial charge in [-0.3, -0.25) is 14.4 Å². The molecule has 1 fully saturated rings. The monoisotopic (exact) mass is 298 g/mol. The topological polar surface area (TPSA) is 89.3 Å². The van der Waals surface area contributed by atoms with Crippen molar-refractivity contribution in [3.8, 4) is 0 Å². The SMILES string of the molecule is NC1=C(NC(=O)C2CCCCC2)C(=O)c2ccccc2C1=O. The zero-order chi connectivity index (χ0) is 15.7. The predicted octanol–water partition coefficient (Wildman–Crippen LogP) is 1.93. The van der Waals surface area contributed by atoms with Crippen LogP contribution in [0.25, 0.3) is 0 Å². The maximum absolute atomic E-state index is 12.5. The number of ketones is 2. The molecule has 3 rings (SSSR count). The Morgan fingerprint density at radius 1 is 1.00 bits per heavy atom. The van der Waals surface area contributed by atoms with Gasteiger partial charge in [0.1, 0.15) is 11.4 Å². The molecule has 0 aliphatic heterocycles. The van der Waals surface area contributed by atoms with E-state index in [4.69, 9.17) is 5.73 Å². The summed E-state index contributed by atoms with van der Waals surface area (Å²) in [7, 11) is 0. The number of nitrogens with two attached hydrogens (primary N) is 1. The van der Waals surface area contributed by atoms with E-state index < -0.39 is 11.6 Å². The molecule has 1 aromatic rings. The number of fused-ring (bicyclic) bond motifs is 1. The highest BCUT2D eigenvalue weighted by atomic mass is 16.2. The number of hydrogen-bond donors (Lipinski definition) is 2. The summed E-state index contributed by atoms with van der Waals surface area (Å²) in [6.45, 7) is 0. The molecule has 0 saturated heterocycles. The summed E-state index contributed by atoms with van der Waals surface area (Å²) < 4.78 is 0. The molecule has 22 heavy (non-hydrogen) atoms. The van der Waals surface area contributed by atoms with E-state index in [-0.39, 0.29) is 23.2 Å². The smallest absolute Gasteiger partial charge is 0.227 e. The fraction of sp³-hybridized carbons (Fsp3) is 0.353. The molecule has 0 unspecified atom stereocenters. The lowest BCUT2D eigenvalue weighted by Gasteiger charge is -2.23. The lowest BCUT2D eigenvalue weighted by molar-refractivity contribution is -0.125. The second kappa shape index (κ2) is 5.75. The van der Waals surface area contributed by atoms with Gasteiger partial charge in [0.15, 0.2) is 0 Å². The minimum Gasteiger partial charge on any atom is -0.394 e. The number of nitrogens with one attached hydrogen (secondary N) is 1. The van der Waals surface area contributed by atoms with Crippen LogP contribution in [-0.2, 0) is 4.79 Å². The summed E-state index contributed by atoms with van der Waals surface area (Å²) in [5, 5.41) is 2.60. The molecule has 5 nitrogen and oxygen atoms in total. The molecular weight excluding hydrogens is 280 g/mol. The van der Waals surface area contributed by atoms with Gasteiger partial charge in [-0.2, -0.15) is 0 Å². The number of hydrogen-bond acceptors (Lipinski definition) is 4. The van der Waals surface area contributed by atoms with Crippen molar-refractivity contribution in [1.82, 2.24) is 5.32 Å². The van der Waals surface area contributed by atoms with Gasteiger partial charge in [0.25, 0.3) is 0 Å². The third-order valence-corrected chi connectivity index (χ3v) is 4.38. The van der Waals surface area contributed by atoms with E-state index in [0.717, 1.165) is 32.1 Å². The van der Waals surface area contributed by atoms with Gasteiger partial charge in [-0.1, -0.05) is 43.5 Å². The summed E-state index contributed by atoms with van der Waals surface area (Å²) in [5.74, 6) is -1.11. The Labute approximate surface area is 128 Å². The van der Waals surface area contributed by atoms with E-state index in [2.05, 4.69) is 5.32 Å². The molecule has 3 N–H and O–H groups in total. The van der Waals surface area contributed by atoms with Crippen molar-refractivity contribution in [2.75, 3.05) is 0 Å². The van der Waals surface area contributed by atoms with Crippen molar-refractivity contribution < 1.29 is 14.4 Å². The normalized spacial score (nSPS) is 19.1. The van der Waals surface area contributed by atoms with Gasteiger partial charge in [0.05, 0.1) is 0 Å². The maximum Gasteiger partial charge on any atom is 0.227 e. The minimum atomic E-state index is -0.408. The molecule has 2 aliphatic carbocycles. The van der Waals surface area contributed by atoms with Gasteiger partial charge >= 0.3 is 0 Å². The second-order valence-corrected chi connectivity index (χ2v) is 5.82. The third-order valence-electron chi connectivity index (χ3n) is 4.38. The Hall–Kier alpha value is -2.43. The molecule has 1 aromatic carbocycles. The van der Waals surface area contributed by atoms with Crippen molar-refractivity contribution in [2.45, 2.75) is 32.1 Å². The lowest BCUT2D eigenvalue weighted by Crippen LogP contribution is -2.39. The number of rotatable bonds is 2. The molecule has 114 valence electrons. The standard InChI is InChI=1S/C17H18N2O3/c18-13-14(19-17(22)10-6-2-1-3-7-10)16(21)12-9-5-4-8-11(12)15(13)20/h4-5,8-10H,1-3,6-7,18H2,(H,19,22). The van der Waals surface area contributed by atoms with Crippen LogP contribution in [0.15, 0.2) is 35.7 Å². The first-order valence-corrected chi connectivity index (χ1v) is 7.58. The first-order valence-electron chi connectivity index (χ1n) is 7.58. The third kappa shape index (κ3) is 2.43. The van der Waals surface area contributed by atoms with Gasteiger partial charge in [-0.25, -0.2) is 0 Å². The van der Waals surface area contributed by atoms with E-state index in [1.54, 1.807) is 24.3 Å². The van der Waals surface area contributed by atoms with E-state index in [9.17, 15) is 14.4 Å². The highest BCUT2D eigenvalue weighted by Crippen LogP contribution is 2.26. The Morgan fingerprint density at radius 3 is 2.23 bits per heavy atom. The number of allylic oxidation sites excluding steroid dienone is 2. The van der Waals surface area contributed by atoms with Crippen LogP contribution in [-0.4, -0.2) is 17.5 Å². The average molecular weight is 298 g/mol. The van der Waals surface area contributed by atoms with Crippen LogP contribution in [0.4, 0.5) is 0 Å². The van der Waals surface area contributed by atoms with Crippen molar-refractivity contribution in [3.05, 3.63) is 46.8 Å². The molecule has 0 atom stereocenters. The Kier molecular flexibility index (Phi) is 3.79. The number of amides is 1. The molecule has 0 radical (unpaired) electrons. The van der Waals surface area contributed by atoms with Crippen molar-refractivity contribution in [1.29, 1.82) is 0 Å². The van der Waals surface area contributed by atoms with Gasteiger partial charge in [-0.15, -0.1) is 0 Å². The Balaban J connectivity index is 1.87. The van der Waals surface area contributed by atoms with Crippen LogP contribution in [0.2, 0.25) is 0 Å². The van der Waals surface area contributed by atoms with Crippen LogP contribution in [0.5, 0.6) is 0 Å². The van der Waals surface area contributed by atoms with Gasteiger partial charge in [0, 0.05) is 17.0 Å². The molecule has 5 heteroatoms. The quantitative estimate of drug-likeness (QED) is 0.873. The van der Waals surface area contributed by atoms with Crippen molar-refractivity contribution >= 4 is 17.5 Å². The Morgan fingerprint density at radius 2 is 1.59 bits per heavy atom. The van der Waals surface area contributed by atoms with E-state index in [1.807, 2.05) is 0 Å². The second-order valence-electron chi connectivity index (χ2n) is 5.82. The Bertz CT molecular complexity index is 685. The molecule has 2 aliphatic rings. The van der Waals surface area contributed by atoms with E-state index >= 15 is 0 Å². The van der Waals surface area contributed by atoms with Gasteiger partial charge < -0.3 is 11.1 Å². The molecule has 0 bridgehead atoms. The summed E-state index contributed by atoms with van der Waals surface area (Å²) in [4.78, 5) is 37.0. The van der Waals surface area contributed by atoms with Crippen LogP contribution in [0, 0.1) is 5.92 Å². The largest absolute Gasteiger partial charge is 0.394 e. The number of carbonyl (C=O) groups is 3. The summed E-state index contributed by atoms with van der Waals surface area (Å²) in [5.41, 5.74) is 6.14. The zero-order valence-corrected chi connectivity index (χ0v) is 12.2. The van der Waals surface area contributed by atoms with Gasteiger partial charge in [0.2, 0.25) is 17.5 Å². The van der Waals surface area contributed by atoms with E-state index in [0.29, 0.717) is 11.1 Å². The number of benzene rings is 1. The van der Waals surface area contributed by atoms with E-state index in [1.165, 1.54) is 0 Å². The molecular formula is C17H18N2O3. The van der Waals surface area contributed by atoms with Crippen LogP contribution >= 0.6 is 0 Å². The number of Topliss-reactive ketones (excluding diaryl/α,β-unsaturated/α-hetero) is 2. The minimum absolute atomic E-state index is 0.0701. The van der Waals surface area contributed by atoms with Crippen molar-refractivity contribution in [3.63, 3.8) is 0 Å². The summed E-state index contributed by atoms with van der Waals surface area (Å²) >= 11 is 0. The average Bonchev–Trinajstić information content (AvgIpc) is 2.57. The molecule has 0 spiro atoms. The highest BCUT2D eigenvalue weighted by Gasteiger charge is 2.33. The molecule has 1 saturated carbocycles. The predicted molar refractivity (Wildman–Crippen MR) is 81.0 cm³/mol. The van der Waals surface area contributed by atoms with Crippen LogP contribution in [0.3, 0.4) is 0 Å². The molecule has 0 heterocycles. The molecule has 1 amide bonds. The highest BCUT2D eigenvalue weighted by molar-refractivity contribution is 6.27. The first kappa shape index (κ1) is 14.5. The summed E-state index contributed by atoms with van der Waals surface area (Å²) in [6, 6.07) is 6.52. The summed E-state index contributed by atoms with van der Waals surface area (Å²) in [6.07, 6.45) is 4.81. The fourth-order valence-corrected chi connectivity index (χ4v) is 3.11. The zero-order valence-electron chi connectivity index (χ0n) is 12.2. The molecule has 0 aromatic heterocycles. The first-order chi connectivity index (χ1) is 10.6. The number of carbonyl (C=O) groups excluding carboxylic acids is 3. The van der Waals surface area contributed by atoms with Crippen LogP contribution in [0.1, 0.15) is 52.8 Å². The van der Waals surface area contributed by atoms with Crippen molar-refractivity contribution in [2.24, 2.45) is 11.7 Å². The van der Waals surface area contributed by atoms with Gasteiger partial charge in [-0.05, 0) is 12.8 Å². The fourth-order valence-electron chi connectivity index (χ4n) is 3.11. The lowest BCUT2D eigenvalue weighted by atomic mass is 9.87. The maximum atomic E-state index is 12.5. The van der Waals surface area contributed by atoms with Crippen LogP contribution < -0.4 is 11.1 Å².